The first kappa shape index (κ1) is 23.6. The molecule has 4 aromatic rings. The molecule has 0 spiro atoms. The van der Waals surface area contributed by atoms with Crippen molar-refractivity contribution in [2.24, 2.45) is 0 Å². The van der Waals surface area contributed by atoms with Crippen molar-refractivity contribution < 1.29 is 19.5 Å². The molecular formula is C29H24N2O4S. The van der Waals surface area contributed by atoms with Gasteiger partial charge in [-0.3, -0.25) is 19.7 Å². The average Bonchev–Trinajstić information content (AvgIpc) is 3.20. The summed E-state index contributed by atoms with van der Waals surface area (Å²) in [5.74, 6) is -0.491. The van der Waals surface area contributed by atoms with E-state index >= 15 is 0 Å². The van der Waals surface area contributed by atoms with E-state index in [4.69, 9.17) is 0 Å². The fourth-order valence-electron chi connectivity index (χ4n) is 4.40. The zero-order valence-corrected chi connectivity index (χ0v) is 20.4. The minimum Gasteiger partial charge on any atom is -0.506 e. The summed E-state index contributed by atoms with van der Waals surface area (Å²) in [5, 5.41) is 13.9. The molecule has 1 aliphatic heterocycles. The number of benzene rings is 4. The number of carbonyl (C=O) groups excluding carboxylic acids is 3. The van der Waals surface area contributed by atoms with Gasteiger partial charge in [-0.15, -0.1) is 0 Å². The van der Waals surface area contributed by atoms with Crippen LogP contribution >= 0.6 is 11.8 Å². The minimum atomic E-state index is -0.387. The molecule has 36 heavy (non-hydrogen) atoms. The summed E-state index contributed by atoms with van der Waals surface area (Å²) in [6.45, 7) is 0.388. The third kappa shape index (κ3) is 4.83. The highest BCUT2D eigenvalue weighted by Crippen LogP contribution is 2.30. The molecule has 1 unspecified atom stereocenters. The predicted octanol–water partition coefficient (Wildman–Crippen LogP) is 5.38. The van der Waals surface area contributed by atoms with Gasteiger partial charge < -0.3 is 10.0 Å². The Labute approximate surface area is 212 Å². The third-order valence-electron chi connectivity index (χ3n) is 6.30. The number of fused-ring (bicyclic) bond motifs is 1. The van der Waals surface area contributed by atoms with E-state index in [1.54, 1.807) is 24.1 Å². The van der Waals surface area contributed by atoms with Crippen LogP contribution in [0.15, 0.2) is 84.9 Å². The normalized spacial score (nSPS) is 15.2. The third-order valence-corrected chi connectivity index (χ3v) is 7.28. The van der Waals surface area contributed by atoms with E-state index in [2.05, 4.69) is 5.32 Å². The molecule has 0 aliphatic carbocycles. The molecule has 0 radical (unpaired) electrons. The molecule has 0 aromatic heterocycles. The van der Waals surface area contributed by atoms with E-state index in [1.807, 2.05) is 72.8 Å². The van der Waals surface area contributed by atoms with Crippen LogP contribution in [0.4, 0.5) is 4.79 Å². The van der Waals surface area contributed by atoms with Crippen LogP contribution in [0.3, 0.4) is 0 Å². The Morgan fingerprint density at radius 1 is 0.917 bits per heavy atom. The molecule has 0 saturated carbocycles. The lowest BCUT2D eigenvalue weighted by molar-refractivity contribution is -0.118. The number of nitrogens with zero attached hydrogens (tertiary/aromatic N) is 1. The summed E-state index contributed by atoms with van der Waals surface area (Å²) in [4.78, 5) is 37.9. The fraction of sp³-hybridized carbons (Fsp3) is 0.138. The number of aromatic hydroxyl groups is 1. The van der Waals surface area contributed by atoms with Gasteiger partial charge in [-0.05, 0) is 46.2 Å². The summed E-state index contributed by atoms with van der Waals surface area (Å²) in [6, 6.07) is 26.8. The molecule has 5 rings (SSSR count). The van der Waals surface area contributed by atoms with Crippen molar-refractivity contribution in [2.45, 2.75) is 18.2 Å². The van der Waals surface area contributed by atoms with E-state index in [0.717, 1.165) is 39.4 Å². The monoisotopic (exact) mass is 496 g/mol. The highest BCUT2D eigenvalue weighted by molar-refractivity contribution is 8.15. The summed E-state index contributed by atoms with van der Waals surface area (Å²) in [7, 11) is 1.72. The van der Waals surface area contributed by atoms with Crippen LogP contribution in [0.2, 0.25) is 0 Å². The second kappa shape index (κ2) is 9.87. The largest absolute Gasteiger partial charge is 0.506 e. The molecule has 1 aliphatic rings. The summed E-state index contributed by atoms with van der Waals surface area (Å²) in [6.07, 6.45) is 0.497. The molecular weight excluding hydrogens is 472 g/mol. The van der Waals surface area contributed by atoms with Crippen LogP contribution in [0.25, 0.3) is 21.9 Å². The Hall–Kier alpha value is -4.10. The van der Waals surface area contributed by atoms with Gasteiger partial charge in [0.1, 0.15) is 5.75 Å². The van der Waals surface area contributed by atoms with Crippen LogP contribution in [0.1, 0.15) is 21.5 Å². The van der Waals surface area contributed by atoms with Gasteiger partial charge >= 0.3 is 0 Å². The minimum absolute atomic E-state index is 0.00311. The van der Waals surface area contributed by atoms with Crippen LogP contribution < -0.4 is 5.32 Å². The second-order valence-corrected chi connectivity index (χ2v) is 10.0. The van der Waals surface area contributed by atoms with Crippen molar-refractivity contribution in [3.8, 4) is 16.9 Å². The zero-order chi connectivity index (χ0) is 25.2. The average molecular weight is 497 g/mol. The van der Waals surface area contributed by atoms with Crippen LogP contribution in [0.5, 0.6) is 5.75 Å². The first-order chi connectivity index (χ1) is 17.4. The molecule has 1 heterocycles. The van der Waals surface area contributed by atoms with Crippen molar-refractivity contribution in [3.63, 3.8) is 0 Å². The first-order valence-corrected chi connectivity index (χ1v) is 12.4. The highest BCUT2D eigenvalue weighted by atomic mass is 32.2. The predicted molar refractivity (Wildman–Crippen MR) is 142 cm³/mol. The number of carbonyl (C=O) groups is 3. The lowest BCUT2D eigenvalue weighted by Gasteiger charge is -2.19. The molecule has 1 fully saturated rings. The number of thioether (sulfide) groups is 1. The van der Waals surface area contributed by atoms with Crippen molar-refractivity contribution in [1.82, 2.24) is 10.2 Å². The van der Waals surface area contributed by atoms with Crippen LogP contribution in [0, 0.1) is 0 Å². The van der Waals surface area contributed by atoms with Gasteiger partial charge in [0.05, 0.1) is 10.8 Å². The number of imide groups is 1. The topological polar surface area (TPSA) is 86.7 Å². The smallest absolute Gasteiger partial charge is 0.286 e. The maximum atomic E-state index is 13.1. The van der Waals surface area contributed by atoms with Crippen LogP contribution in [-0.4, -0.2) is 39.4 Å². The number of hydrogen-bond acceptors (Lipinski definition) is 5. The molecule has 180 valence electrons. The Morgan fingerprint density at radius 3 is 2.44 bits per heavy atom. The van der Waals surface area contributed by atoms with Crippen molar-refractivity contribution in [1.29, 1.82) is 0 Å². The molecule has 6 nitrogen and oxygen atoms in total. The van der Waals surface area contributed by atoms with E-state index in [0.29, 0.717) is 18.4 Å². The summed E-state index contributed by atoms with van der Waals surface area (Å²) in [5.41, 5.74) is 4.25. The Kier molecular flexibility index (Phi) is 6.48. The van der Waals surface area contributed by atoms with Crippen molar-refractivity contribution in [2.75, 3.05) is 7.05 Å². The number of phenols is 1. The van der Waals surface area contributed by atoms with E-state index in [-0.39, 0.29) is 33.6 Å². The van der Waals surface area contributed by atoms with Gasteiger partial charge in [-0.1, -0.05) is 84.6 Å². The summed E-state index contributed by atoms with van der Waals surface area (Å²) < 4.78 is 0. The van der Waals surface area contributed by atoms with Crippen molar-refractivity contribution >= 4 is 39.6 Å². The van der Waals surface area contributed by atoms with Gasteiger partial charge in [0.15, 0.2) is 0 Å². The highest BCUT2D eigenvalue weighted by Gasteiger charge is 2.31. The summed E-state index contributed by atoms with van der Waals surface area (Å²) >= 11 is 1.03. The molecule has 1 saturated heterocycles. The molecule has 3 amide bonds. The van der Waals surface area contributed by atoms with Gasteiger partial charge in [0.25, 0.3) is 11.1 Å². The quantitative estimate of drug-likeness (QED) is 0.374. The molecule has 2 N–H and O–H groups in total. The van der Waals surface area contributed by atoms with E-state index in [9.17, 15) is 19.5 Å². The number of nitrogens with one attached hydrogen (secondary N) is 1. The molecule has 1 atom stereocenters. The SMILES string of the molecule is CN(Cc1cccc(-c2ccc(CC3SC(=O)NC3=O)cc2)c1)C(=O)c1ccc2ccccc2c1O. The maximum Gasteiger partial charge on any atom is 0.286 e. The first-order valence-electron chi connectivity index (χ1n) is 11.5. The number of hydrogen-bond donors (Lipinski definition) is 2. The molecule has 0 bridgehead atoms. The Morgan fingerprint density at radius 2 is 1.69 bits per heavy atom. The Balaban J connectivity index is 1.29. The number of amides is 3. The maximum absolute atomic E-state index is 13.1. The lowest BCUT2D eigenvalue weighted by Crippen LogP contribution is -2.26. The van der Waals surface area contributed by atoms with Gasteiger partial charge in [0, 0.05) is 19.0 Å². The number of rotatable bonds is 6. The van der Waals surface area contributed by atoms with Gasteiger partial charge in [-0.2, -0.15) is 0 Å². The van der Waals surface area contributed by atoms with E-state index in [1.165, 1.54) is 0 Å². The zero-order valence-electron chi connectivity index (χ0n) is 19.6. The Bertz CT molecular complexity index is 1480. The van der Waals surface area contributed by atoms with Crippen LogP contribution in [-0.2, 0) is 17.8 Å². The molecule has 7 heteroatoms. The van der Waals surface area contributed by atoms with Gasteiger partial charge in [-0.25, -0.2) is 0 Å². The fourth-order valence-corrected chi connectivity index (χ4v) is 5.26. The molecule has 4 aromatic carbocycles. The van der Waals surface area contributed by atoms with E-state index < -0.39 is 0 Å². The standard InChI is InChI=1S/C29H24N2O4S/c1-31(28(34)24-14-13-21-6-2-3-8-23(21)26(24)32)17-19-5-4-7-22(15-19)20-11-9-18(10-12-20)16-25-27(33)30-29(35)36-25/h2-15,25,32H,16-17H2,1H3,(H,30,33,35). The van der Waals surface area contributed by atoms with Gasteiger partial charge in [0.2, 0.25) is 5.91 Å². The number of phenolic OH excluding ortho intramolecular Hbond substituents is 1. The van der Waals surface area contributed by atoms with Crippen molar-refractivity contribution in [3.05, 3.63) is 102 Å². The lowest BCUT2D eigenvalue weighted by atomic mass is 10.00. The second-order valence-electron chi connectivity index (χ2n) is 8.83.